The summed E-state index contributed by atoms with van der Waals surface area (Å²) in [5.41, 5.74) is 5.78. The number of piperidine rings is 1. The third-order valence-electron chi connectivity index (χ3n) is 3.51. The van der Waals surface area contributed by atoms with Crippen LogP contribution in [0.2, 0.25) is 0 Å². The highest BCUT2D eigenvalue weighted by atomic mass is 16.2. The number of nitrogens with two attached hydrogens (primary N) is 1. The maximum Gasteiger partial charge on any atom is 0.273 e. The average Bonchev–Trinajstić information content (AvgIpc) is 2.94. The van der Waals surface area contributed by atoms with Crippen molar-refractivity contribution in [3.8, 4) is 0 Å². The Hall–Kier alpha value is -1.47. The molecule has 1 fully saturated rings. The van der Waals surface area contributed by atoms with E-state index in [4.69, 9.17) is 5.73 Å². The van der Waals surface area contributed by atoms with Gasteiger partial charge < -0.3 is 16.0 Å². The van der Waals surface area contributed by atoms with Crippen LogP contribution in [0.1, 0.15) is 36.2 Å². The normalized spacial score (nSPS) is 16.2. The van der Waals surface area contributed by atoms with Gasteiger partial charge in [-0.05, 0) is 38.9 Å². The van der Waals surface area contributed by atoms with E-state index in [0.717, 1.165) is 13.0 Å². The van der Waals surface area contributed by atoms with Gasteiger partial charge in [0.05, 0.1) is 12.7 Å². The Morgan fingerprint density at radius 1 is 1.30 bits per heavy atom. The fourth-order valence-corrected chi connectivity index (χ4v) is 2.42. The van der Waals surface area contributed by atoms with E-state index < -0.39 is 0 Å². The number of rotatable bonds is 7. The third kappa shape index (κ3) is 4.57. The standard InChI is InChI=1S/C13H24N6O/c14-5-10-19-11-12(16-17-19)13(20)15-6-4-9-18-7-2-1-3-8-18/h11H,1-10,14H2,(H,15,20). The zero-order chi connectivity index (χ0) is 14.2. The molecule has 20 heavy (non-hydrogen) atoms. The van der Waals surface area contributed by atoms with Crippen LogP contribution in [0.25, 0.3) is 0 Å². The first-order valence-corrected chi connectivity index (χ1v) is 7.40. The predicted octanol–water partition coefficient (Wildman–Crippen LogP) is -0.157. The number of nitrogens with one attached hydrogen (secondary N) is 1. The molecule has 1 aliphatic rings. The lowest BCUT2D eigenvalue weighted by Crippen LogP contribution is -2.33. The van der Waals surface area contributed by atoms with Crippen molar-refractivity contribution in [2.24, 2.45) is 5.73 Å². The molecule has 0 radical (unpaired) electrons. The highest BCUT2D eigenvalue weighted by molar-refractivity contribution is 5.91. The summed E-state index contributed by atoms with van der Waals surface area (Å²) in [6, 6.07) is 0. The lowest BCUT2D eigenvalue weighted by atomic mass is 10.1. The molecule has 0 spiro atoms. The van der Waals surface area contributed by atoms with Crippen molar-refractivity contribution < 1.29 is 4.79 Å². The minimum Gasteiger partial charge on any atom is -0.351 e. The Bertz CT molecular complexity index is 413. The van der Waals surface area contributed by atoms with Crippen molar-refractivity contribution in [3.05, 3.63) is 11.9 Å². The molecule has 1 saturated heterocycles. The maximum atomic E-state index is 11.8. The summed E-state index contributed by atoms with van der Waals surface area (Å²) >= 11 is 0. The molecule has 1 aromatic rings. The molecule has 0 saturated carbocycles. The van der Waals surface area contributed by atoms with Crippen molar-refractivity contribution in [2.45, 2.75) is 32.2 Å². The number of hydrogen-bond acceptors (Lipinski definition) is 5. The van der Waals surface area contributed by atoms with E-state index in [1.165, 1.54) is 32.4 Å². The van der Waals surface area contributed by atoms with Crippen molar-refractivity contribution in [1.29, 1.82) is 0 Å². The summed E-state index contributed by atoms with van der Waals surface area (Å²) in [5, 5.41) is 10.6. The van der Waals surface area contributed by atoms with Crippen LogP contribution in [0.4, 0.5) is 0 Å². The van der Waals surface area contributed by atoms with Crippen LogP contribution in [0.3, 0.4) is 0 Å². The van der Waals surface area contributed by atoms with E-state index in [2.05, 4.69) is 20.5 Å². The first-order valence-electron chi connectivity index (χ1n) is 7.40. The Kier molecular flexibility index (Phi) is 5.94. The molecular formula is C13H24N6O. The average molecular weight is 280 g/mol. The fraction of sp³-hybridized carbons (Fsp3) is 0.769. The van der Waals surface area contributed by atoms with E-state index in [0.29, 0.717) is 25.3 Å². The van der Waals surface area contributed by atoms with Crippen LogP contribution in [-0.2, 0) is 6.54 Å². The van der Waals surface area contributed by atoms with Crippen molar-refractivity contribution in [2.75, 3.05) is 32.7 Å². The summed E-state index contributed by atoms with van der Waals surface area (Å²) in [7, 11) is 0. The summed E-state index contributed by atoms with van der Waals surface area (Å²) < 4.78 is 1.59. The van der Waals surface area contributed by atoms with Gasteiger partial charge in [-0.2, -0.15) is 0 Å². The number of carbonyl (C=O) groups excluding carboxylic acids is 1. The molecule has 1 aromatic heterocycles. The predicted molar refractivity (Wildman–Crippen MR) is 76.3 cm³/mol. The van der Waals surface area contributed by atoms with Crippen molar-refractivity contribution in [3.63, 3.8) is 0 Å². The monoisotopic (exact) mass is 280 g/mol. The second kappa shape index (κ2) is 7.96. The highest BCUT2D eigenvalue weighted by Gasteiger charge is 2.11. The summed E-state index contributed by atoms with van der Waals surface area (Å²) in [6.45, 7) is 5.19. The van der Waals surface area contributed by atoms with Gasteiger partial charge in [0.15, 0.2) is 5.69 Å². The van der Waals surface area contributed by atoms with Crippen molar-refractivity contribution in [1.82, 2.24) is 25.2 Å². The molecule has 0 bridgehead atoms. The van der Waals surface area contributed by atoms with Crippen LogP contribution in [0.5, 0.6) is 0 Å². The van der Waals surface area contributed by atoms with Crippen molar-refractivity contribution >= 4 is 5.91 Å². The smallest absolute Gasteiger partial charge is 0.273 e. The maximum absolute atomic E-state index is 11.8. The molecule has 1 amide bonds. The Labute approximate surface area is 119 Å². The second-order valence-electron chi connectivity index (χ2n) is 5.17. The molecule has 0 aliphatic carbocycles. The van der Waals surface area contributed by atoms with Crippen LogP contribution >= 0.6 is 0 Å². The van der Waals surface area contributed by atoms with Gasteiger partial charge in [0.1, 0.15) is 0 Å². The van der Waals surface area contributed by atoms with Crippen LogP contribution < -0.4 is 11.1 Å². The molecular weight excluding hydrogens is 256 g/mol. The Morgan fingerprint density at radius 2 is 2.10 bits per heavy atom. The van der Waals surface area contributed by atoms with Gasteiger partial charge in [0.25, 0.3) is 5.91 Å². The minimum atomic E-state index is -0.160. The van der Waals surface area contributed by atoms with Gasteiger partial charge in [-0.3, -0.25) is 9.48 Å². The topological polar surface area (TPSA) is 89.1 Å². The number of likely N-dealkylation sites (tertiary alicyclic amines) is 1. The van der Waals surface area contributed by atoms with Crippen LogP contribution in [0.15, 0.2) is 6.20 Å². The van der Waals surface area contributed by atoms with E-state index in [1.807, 2.05) is 0 Å². The number of carbonyl (C=O) groups is 1. The number of nitrogens with zero attached hydrogens (tertiary/aromatic N) is 4. The minimum absolute atomic E-state index is 0.160. The lowest BCUT2D eigenvalue weighted by molar-refractivity contribution is 0.0946. The van der Waals surface area contributed by atoms with E-state index >= 15 is 0 Å². The molecule has 112 valence electrons. The van der Waals surface area contributed by atoms with Crippen LogP contribution in [0, 0.1) is 0 Å². The first kappa shape index (κ1) is 14.9. The van der Waals surface area contributed by atoms with Crippen LogP contribution in [-0.4, -0.2) is 58.5 Å². The molecule has 3 N–H and O–H groups in total. The SMILES string of the molecule is NCCn1cc(C(=O)NCCCN2CCCCC2)nn1. The summed E-state index contributed by atoms with van der Waals surface area (Å²) in [4.78, 5) is 14.3. The highest BCUT2D eigenvalue weighted by Crippen LogP contribution is 2.08. The Balaban J connectivity index is 1.63. The molecule has 0 atom stereocenters. The fourth-order valence-electron chi connectivity index (χ4n) is 2.42. The van der Waals surface area contributed by atoms with E-state index in [-0.39, 0.29) is 5.91 Å². The molecule has 7 nitrogen and oxygen atoms in total. The Morgan fingerprint density at radius 3 is 2.85 bits per heavy atom. The molecule has 2 rings (SSSR count). The van der Waals surface area contributed by atoms with Gasteiger partial charge >= 0.3 is 0 Å². The summed E-state index contributed by atoms with van der Waals surface area (Å²) in [5.74, 6) is -0.160. The number of hydrogen-bond donors (Lipinski definition) is 2. The van der Waals surface area contributed by atoms with Gasteiger partial charge in [-0.25, -0.2) is 0 Å². The van der Waals surface area contributed by atoms with E-state index in [9.17, 15) is 4.79 Å². The third-order valence-corrected chi connectivity index (χ3v) is 3.51. The van der Waals surface area contributed by atoms with E-state index in [1.54, 1.807) is 10.9 Å². The number of amides is 1. The number of aromatic nitrogens is 3. The molecule has 2 heterocycles. The van der Waals surface area contributed by atoms with Gasteiger partial charge in [-0.15, -0.1) is 5.10 Å². The van der Waals surface area contributed by atoms with Gasteiger partial charge in [0, 0.05) is 13.1 Å². The summed E-state index contributed by atoms with van der Waals surface area (Å²) in [6.07, 6.45) is 6.56. The quantitative estimate of drug-likeness (QED) is 0.678. The zero-order valence-corrected chi connectivity index (χ0v) is 11.9. The molecule has 1 aliphatic heterocycles. The molecule has 0 aromatic carbocycles. The largest absolute Gasteiger partial charge is 0.351 e. The second-order valence-corrected chi connectivity index (χ2v) is 5.17. The lowest BCUT2D eigenvalue weighted by Gasteiger charge is -2.26. The first-order chi connectivity index (χ1) is 9.79. The molecule has 0 unspecified atom stereocenters. The van der Waals surface area contributed by atoms with Gasteiger partial charge in [-0.1, -0.05) is 11.6 Å². The molecule has 7 heteroatoms. The zero-order valence-electron chi connectivity index (χ0n) is 11.9. The van der Waals surface area contributed by atoms with Gasteiger partial charge in [0.2, 0.25) is 0 Å².